The molecule has 0 atom stereocenters. The number of benzene rings is 2. The molecule has 0 fully saturated rings. The van der Waals surface area contributed by atoms with Crippen molar-refractivity contribution in [2.75, 3.05) is 25.0 Å². The Morgan fingerprint density at radius 1 is 1.23 bits per heavy atom. The lowest BCUT2D eigenvalue weighted by Crippen LogP contribution is -2.34. The zero-order chi connectivity index (χ0) is 21.8. The minimum Gasteiger partial charge on any atom is -0.356 e. The van der Waals surface area contributed by atoms with Gasteiger partial charge in [-0.1, -0.05) is 6.07 Å². The van der Waals surface area contributed by atoms with Crippen molar-refractivity contribution in [3.63, 3.8) is 0 Å². The van der Waals surface area contributed by atoms with Crippen molar-refractivity contribution in [3.05, 3.63) is 54.2 Å². The van der Waals surface area contributed by atoms with Crippen LogP contribution in [0.1, 0.15) is 16.8 Å². The molecule has 0 saturated heterocycles. The van der Waals surface area contributed by atoms with Crippen molar-refractivity contribution < 1.29 is 13.2 Å². The number of fused-ring (bicyclic) bond motifs is 1. The maximum atomic E-state index is 12.6. The van der Waals surface area contributed by atoms with Crippen LogP contribution in [0.3, 0.4) is 0 Å². The van der Waals surface area contributed by atoms with E-state index in [-0.39, 0.29) is 10.8 Å². The van der Waals surface area contributed by atoms with Gasteiger partial charge in [-0.25, -0.2) is 13.6 Å². The van der Waals surface area contributed by atoms with E-state index < -0.39 is 10.0 Å². The summed E-state index contributed by atoms with van der Waals surface area (Å²) in [6.45, 7) is 3.19. The summed E-state index contributed by atoms with van der Waals surface area (Å²) in [5, 5.41) is 19.5. The van der Waals surface area contributed by atoms with E-state index in [1.807, 2.05) is 10.7 Å². The number of nitrogens with two attached hydrogens (primary N) is 1. The lowest BCUT2D eigenvalue weighted by molar-refractivity contribution is 0.102. The number of sulfonamides is 1. The Morgan fingerprint density at radius 3 is 2.87 bits per heavy atom. The van der Waals surface area contributed by atoms with Crippen LogP contribution in [0.15, 0.2) is 58.5 Å². The van der Waals surface area contributed by atoms with Crippen LogP contribution in [0, 0.1) is 0 Å². The van der Waals surface area contributed by atoms with Gasteiger partial charge < -0.3 is 16.0 Å². The smallest absolute Gasteiger partial charge is 0.255 e. The average Bonchev–Trinajstić information content (AvgIpc) is 3.40. The van der Waals surface area contributed by atoms with E-state index in [2.05, 4.69) is 26.0 Å². The molecule has 0 saturated carbocycles. The van der Waals surface area contributed by atoms with Gasteiger partial charge in [0.25, 0.3) is 5.91 Å². The predicted molar refractivity (Wildman–Crippen MR) is 118 cm³/mol. The van der Waals surface area contributed by atoms with E-state index in [0.29, 0.717) is 11.3 Å². The number of anilines is 1. The molecular weight excluding hydrogens is 418 g/mol. The Kier molecular flexibility index (Phi) is 5.87. The quantitative estimate of drug-likeness (QED) is 0.401. The minimum atomic E-state index is -3.84. The Labute approximate surface area is 179 Å². The normalized spacial score (nSPS) is 13.6. The molecule has 10 nitrogen and oxygen atoms in total. The summed E-state index contributed by atoms with van der Waals surface area (Å²) < 4.78 is 24.9. The highest BCUT2D eigenvalue weighted by atomic mass is 32.2. The number of aromatic nitrogens is 2. The summed E-state index contributed by atoms with van der Waals surface area (Å²) in [5.74, 6) is 0.492. The SMILES string of the molecule is NS(=O)(=O)c1cccc(NC(=O)c2ccc3c(cnn3CCCNC3=NCCN3)c2)c1. The monoisotopic (exact) mass is 441 g/mol. The van der Waals surface area contributed by atoms with Gasteiger partial charge in [0.1, 0.15) is 0 Å². The summed E-state index contributed by atoms with van der Waals surface area (Å²) in [6.07, 6.45) is 2.60. The summed E-state index contributed by atoms with van der Waals surface area (Å²) in [5.41, 5.74) is 1.73. The number of primary sulfonamides is 1. The van der Waals surface area contributed by atoms with Crippen molar-refractivity contribution in [3.8, 4) is 0 Å². The fourth-order valence-corrected chi connectivity index (χ4v) is 3.87. The van der Waals surface area contributed by atoms with Crippen molar-refractivity contribution >= 4 is 38.5 Å². The van der Waals surface area contributed by atoms with Crippen LogP contribution >= 0.6 is 0 Å². The van der Waals surface area contributed by atoms with Gasteiger partial charge in [0.2, 0.25) is 10.0 Å². The van der Waals surface area contributed by atoms with Gasteiger partial charge in [-0.3, -0.25) is 14.5 Å². The van der Waals surface area contributed by atoms with Gasteiger partial charge in [0.05, 0.1) is 23.2 Å². The van der Waals surface area contributed by atoms with E-state index in [4.69, 9.17) is 5.14 Å². The molecule has 1 aliphatic heterocycles. The van der Waals surface area contributed by atoms with Crippen LogP contribution in [-0.4, -0.2) is 49.7 Å². The fraction of sp³-hybridized carbons (Fsp3) is 0.250. The minimum absolute atomic E-state index is 0.0627. The van der Waals surface area contributed by atoms with E-state index in [1.165, 1.54) is 18.2 Å². The Morgan fingerprint density at radius 2 is 2.10 bits per heavy atom. The van der Waals surface area contributed by atoms with E-state index in [1.54, 1.807) is 24.4 Å². The zero-order valence-corrected chi connectivity index (χ0v) is 17.5. The average molecular weight is 442 g/mol. The molecule has 1 aliphatic rings. The first-order chi connectivity index (χ1) is 14.9. The summed E-state index contributed by atoms with van der Waals surface area (Å²) in [6, 6.07) is 11.1. The molecule has 0 aliphatic carbocycles. The molecule has 0 unspecified atom stereocenters. The van der Waals surface area contributed by atoms with Gasteiger partial charge >= 0.3 is 0 Å². The van der Waals surface area contributed by atoms with Crippen LogP contribution < -0.4 is 21.1 Å². The predicted octanol–water partition coefficient (Wildman–Crippen LogP) is 0.875. The molecule has 3 aromatic rings. The Balaban J connectivity index is 1.40. The molecule has 5 N–H and O–H groups in total. The molecule has 1 amide bonds. The second-order valence-corrected chi connectivity index (χ2v) is 8.67. The van der Waals surface area contributed by atoms with Crippen molar-refractivity contribution in [2.45, 2.75) is 17.9 Å². The molecule has 0 radical (unpaired) electrons. The van der Waals surface area contributed by atoms with Crippen molar-refractivity contribution in [2.24, 2.45) is 10.1 Å². The number of aliphatic imine (C=N–C) groups is 1. The lowest BCUT2D eigenvalue weighted by atomic mass is 10.1. The molecule has 4 rings (SSSR count). The van der Waals surface area contributed by atoms with Crippen LogP contribution in [0.5, 0.6) is 0 Å². The number of nitrogens with one attached hydrogen (secondary N) is 3. The number of amides is 1. The van der Waals surface area contributed by atoms with Gasteiger partial charge in [-0.05, 0) is 42.8 Å². The largest absolute Gasteiger partial charge is 0.356 e. The molecule has 2 aromatic carbocycles. The number of carbonyl (C=O) groups is 1. The number of guanidine groups is 1. The summed E-state index contributed by atoms with van der Waals surface area (Å²) in [7, 11) is -3.84. The van der Waals surface area contributed by atoms with E-state index in [0.717, 1.165) is 49.5 Å². The van der Waals surface area contributed by atoms with E-state index in [9.17, 15) is 13.2 Å². The van der Waals surface area contributed by atoms with Gasteiger partial charge in [0, 0.05) is 36.3 Å². The molecule has 1 aromatic heterocycles. The van der Waals surface area contributed by atoms with Gasteiger partial charge in [-0.15, -0.1) is 0 Å². The number of hydrogen-bond acceptors (Lipinski definition) is 7. The number of carbonyl (C=O) groups excluding carboxylic acids is 1. The third-order valence-corrected chi connectivity index (χ3v) is 5.75. The topological polar surface area (TPSA) is 143 Å². The molecule has 162 valence electrons. The van der Waals surface area contributed by atoms with Gasteiger partial charge in [-0.2, -0.15) is 5.10 Å². The van der Waals surface area contributed by atoms with Crippen molar-refractivity contribution in [1.29, 1.82) is 0 Å². The summed E-state index contributed by atoms with van der Waals surface area (Å²) >= 11 is 0. The third-order valence-electron chi connectivity index (χ3n) is 4.84. The number of nitrogens with zero attached hydrogens (tertiary/aromatic N) is 3. The lowest BCUT2D eigenvalue weighted by Gasteiger charge is -2.08. The highest BCUT2D eigenvalue weighted by molar-refractivity contribution is 7.89. The first-order valence-electron chi connectivity index (χ1n) is 9.82. The maximum Gasteiger partial charge on any atom is 0.255 e. The highest BCUT2D eigenvalue weighted by Gasteiger charge is 2.12. The Bertz CT molecular complexity index is 1250. The molecular formula is C20H23N7O3S. The highest BCUT2D eigenvalue weighted by Crippen LogP contribution is 2.19. The van der Waals surface area contributed by atoms with Crippen LogP contribution in [0.2, 0.25) is 0 Å². The Hall–Kier alpha value is -3.44. The van der Waals surface area contributed by atoms with Crippen LogP contribution in [-0.2, 0) is 16.6 Å². The third kappa shape index (κ3) is 5.01. The van der Waals surface area contributed by atoms with E-state index >= 15 is 0 Å². The van der Waals surface area contributed by atoms with Gasteiger partial charge in [0.15, 0.2) is 5.96 Å². The number of hydrogen-bond donors (Lipinski definition) is 4. The molecule has 0 spiro atoms. The van der Waals surface area contributed by atoms with Crippen LogP contribution in [0.4, 0.5) is 5.69 Å². The molecule has 11 heteroatoms. The van der Waals surface area contributed by atoms with Crippen LogP contribution in [0.25, 0.3) is 10.9 Å². The van der Waals surface area contributed by atoms with Crippen molar-refractivity contribution in [1.82, 2.24) is 20.4 Å². The molecule has 2 heterocycles. The summed E-state index contributed by atoms with van der Waals surface area (Å²) in [4.78, 5) is 16.8. The zero-order valence-electron chi connectivity index (χ0n) is 16.7. The number of rotatable bonds is 7. The second kappa shape index (κ2) is 8.74. The fourth-order valence-electron chi connectivity index (χ4n) is 3.31. The maximum absolute atomic E-state index is 12.6. The molecule has 31 heavy (non-hydrogen) atoms. The second-order valence-electron chi connectivity index (χ2n) is 7.11. The first kappa shape index (κ1) is 20.8. The molecule has 0 bridgehead atoms. The first-order valence-corrected chi connectivity index (χ1v) is 11.4. The standard InChI is InChI=1S/C20H23N7O3S/c21-31(29,30)17-4-1-3-16(12-17)26-19(28)14-5-6-18-15(11-14)13-25-27(18)10-2-7-22-20-23-8-9-24-20/h1,3-6,11-13H,2,7-10H2,(H,26,28)(H2,21,29,30)(H2,22,23,24). The number of aryl methyl sites for hydroxylation is 1.